The van der Waals surface area contributed by atoms with Gasteiger partial charge in [-0.05, 0) is 50.4 Å². The Morgan fingerprint density at radius 3 is 2.73 bits per heavy atom. The van der Waals surface area contributed by atoms with Crippen LogP contribution in [-0.2, 0) is 14.6 Å². The molecule has 3 aliphatic rings. The van der Waals surface area contributed by atoms with E-state index in [1.807, 2.05) is 0 Å². The summed E-state index contributed by atoms with van der Waals surface area (Å²) in [5.74, 6) is 3.16. The molecule has 4 unspecified atom stereocenters. The summed E-state index contributed by atoms with van der Waals surface area (Å²) in [7, 11) is -2.83. The second-order valence-electron chi connectivity index (χ2n) is 8.01. The number of hydrogen-bond donors (Lipinski definition) is 1. The van der Waals surface area contributed by atoms with Gasteiger partial charge in [-0.15, -0.1) is 24.0 Å². The normalized spacial score (nSPS) is 32.5. The van der Waals surface area contributed by atoms with Gasteiger partial charge in [0, 0.05) is 38.9 Å². The first-order valence-corrected chi connectivity index (χ1v) is 11.6. The summed E-state index contributed by atoms with van der Waals surface area (Å²) in [5.41, 5.74) is 0. The predicted octanol–water partition coefficient (Wildman–Crippen LogP) is 2.14. The van der Waals surface area contributed by atoms with Crippen molar-refractivity contribution in [2.24, 2.45) is 22.7 Å². The number of ether oxygens (including phenoxy) is 1. The van der Waals surface area contributed by atoms with E-state index in [0.717, 1.165) is 45.1 Å². The highest BCUT2D eigenvalue weighted by Crippen LogP contribution is 2.30. The lowest BCUT2D eigenvalue weighted by Crippen LogP contribution is -2.44. The van der Waals surface area contributed by atoms with Crippen molar-refractivity contribution in [2.45, 2.75) is 45.6 Å². The summed E-state index contributed by atoms with van der Waals surface area (Å²) >= 11 is 0. The Kier molecular flexibility index (Phi) is 8.46. The van der Waals surface area contributed by atoms with Crippen LogP contribution in [0.3, 0.4) is 0 Å². The van der Waals surface area contributed by atoms with Crippen LogP contribution < -0.4 is 5.32 Å². The Labute approximate surface area is 175 Å². The topological polar surface area (TPSA) is 71.0 Å². The number of sulfone groups is 1. The van der Waals surface area contributed by atoms with Crippen LogP contribution in [0.1, 0.15) is 39.5 Å². The van der Waals surface area contributed by atoms with Gasteiger partial charge in [-0.25, -0.2) is 8.42 Å². The summed E-state index contributed by atoms with van der Waals surface area (Å²) in [6, 6.07) is 0.375. The average molecular weight is 499 g/mol. The molecule has 0 saturated carbocycles. The number of nitrogens with zero attached hydrogens (tertiary/aromatic N) is 2. The molecule has 0 radical (unpaired) electrons. The number of nitrogens with one attached hydrogen (secondary N) is 1. The van der Waals surface area contributed by atoms with Gasteiger partial charge in [-0.1, -0.05) is 6.92 Å². The Morgan fingerprint density at radius 1 is 1.31 bits per heavy atom. The Morgan fingerprint density at radius 2 is 2.12 bits per heavy atom. The average Bonchev–Trinajstić information content (AvgIpc) is 3.31. The first kappa shape index (κ1) is 22.2. The number of halogens is 1. The molecule has 4 atom stereocenters. The second kappa shape index (κ2) is 9.91. The molecule has 0 bridgehead atoms. The van der Waals surface area contributed by atoms with Crippen LogP contribution in [0, 0.1) is 17.8 Å². The highest BCUT2D eigenvalue weighted by molar-refractivity contribution is 14.0. The summed E-state index contributed by atoms with van der Waals surface area (Å²) < 4.78 is 28.9. The molecular formula is C18H34IN3O3S. The maximum Gasteiger partial charge on any atom is 0.194 e. The molecule has 26 heavy (non-hydrogen) atoms. The maximum atomic E-state index is 11.7. The lowest BCUT2D eigenvalue weighted by atomic mass is 9.91. The third-order valence-corrected chi connectivity index (χ3v) is 7.81. The summed E-state index contributed by atoms with van der Waals surface area (Å²) in [4.78, 5) is 7.21. The zero-order valence-electron chi connectivity index (χ0n) is 16.0. The first-order chi connectivity index (χ1) is 12.0. The Hall–Kier alpha value is -0.0900. The minimum absolute atomic E-state index is 0. The molecule has 0 aromatic heterocycles. The van der Waals surface area contributed by atoms with Gasteiger partial charge >= 0.3 is 0 Å². The minimum Gasteiger partial charge on any atom is -0.381 e. The van der Waals surface area contributed by atoms with Gasteiger partial charge < -0.3 is 15.0 Å². The van der Waals surface area contributed by atoms with Gasteiger partial charge in [0.1, 0.15) is 0 Å². The van der Waals surface area contributed by atoms with E-state index in [1.165, 1.54) is 12.8 Å². The predicted molar refractivity (Wildman–Crippen MR) is 116 cm³/mol. The van der Waals surface area contributed by atoms with Crippen molar-refractivity contribution in [3.63, 3.8) is 0 Å². The van der Waals surface area contributed by atoms with E-state index in [0.29, 0.717) is 35.9 Å². The van der Waals surface area contributed by atoms with Crippen molar-refractivity contribution in [3.05, 3.63) is 0 Å². The maximum absolute atomic E-state index is 11.7. The molecule has 0 aromatic rings. The number of likely N-dealkylation sites (tertiary alicyclic amines) is 1. The van der Waals surface area contributed by atoms with Gasteiger partial charge in [-0.2, -0.15) is 0 Å². The van der Waals surface area contributed by atoms with E-state index < -0.39 is 9.84 Å². The molecule has 3 saturated heterocycles. The van der Waals surface area contributed by atoms with Crippen molar-refractivity contribution >= 4 is 39.8 Å². The molecule has 152 valence electrons. The zero-order chi connectivity index (χ0) is 17.9. The lowest BCUT2D eigenvalue weighted by Gasteiger charge is -2.26. The summed E-state index contributed by atoms with van der Waals surface area (Å²) in [5, 5.41) is 3.56. The third-order valence-electron chi connectivity index (χ3n) is 5.97. The fourth-order valence-corrected chi connectivity index (χ4v) is 5.93. The fourth-order valence-electron chi connectivity index (χ4n) is 4.08. The van der Waals surface area contributed by atoms with E-state index in [9.17, 15) is 8.42 Å². The van der Waals surface area contributed by atoms with Crippen molar-refractivity contribution in [1.82, 2.24) is 10.2 Å². The Bertz CT molecular complexity index is 578. The molecule has 0 aromatic carbocycles. The number of rotatable bonds is 5. The van der Waals surface area contributed by atoms with Crippen LogP contribution in [0.2, 0.25) is 0 Å². The van der Waals surface area contributed by atoms with Crippen LogP contribution >= 0.6 is 24.0 Å². The SMILES string of the molecule is CCC(C)NC(=NCC1CCS(=O)(=O)C1)N1CCC(C2CCOC2)C1.I. The quantitative estimate of drug-likeness (QED) is 0.357. The molecule has 0 spiro atoms. The van der Waals surface area contributed by atoms with E-state index in [2.05, 4.69) is 24.1 Å². The van der Waals surface area contributed by atoms with Crippen LogP contribution in [0.25, 0.3) is 0 Å². The number of aliphatic imine (C=N–C) groups is 1. The van der Waals surface area contributed by atoms with Crippen LogP contribution in [0.15, 0.2) is 4.99 Å². The van der Waals surface area contributed by atoms with Crippen molar-refractivity contribution in [1.29, 1.82) is 0 Å². The largest absolute Gasteiger partial charge is 0.381 e. The van der Waals surface area contributed by atoms with Crippen molar-refractivity contribution < 1.29 is 13.2 Å². The van der Waals surface area contributed by atoms with Gasteiger partial charge in [0.05, 0.1) is 11.5 Å². The van der Waals surface area contributed by atoms with Crippen LogP contribution in [0.5, 0.6) is 0 Å². The van der Waals surface area contributed by atoms with Crippen molar-refractivity contribution in [3.8, 4) is 0 Å². The molecule has 0 aliphatic carbocycles. The van der Waals surface area contributed by atoms with Gasteiger partial charge in [0.15, 0.2) is 15.8 Å². The fraction of sp³-hybridized carbons (Fsp3) is 0.944. The molecule has 0 amide bonds. The van der Waals surface area contributed by atoms with E-state index in [-0.39, 0.29) is 29.9 Å². The first-order valence-electron chi connectivity index (χ1n) is 9.81. The molecule has 3 fully saturated rings. The van der Waals surface area contributed by atoms with E-state index >= 15 is 0 Å². The van der Waals surface area contributed by atoms with E-state index in [4.69, 9.17) is 9.73 Å². The molecular weight excluding hydrogens is 465 g/mol. The third kappa shape index (κ3) is 5.95. The van der Waals surface area contributed by atoms with Gasteiger partial charge in [0.2, 0.25) is 0 Å². The lowest BCUT2D eigenvalue weighted by molar-refractivity contribution is 0.173. The van der Waals surface area contributed by atoms with Crippen LogP contribution in [0.4, 0.5) is 0 Å². The van der Waals surface area contributed by atoms with Crippen molar-refractivity contribution in [2.75, 3.05) is 44.4 Å². The second-order valence-corrected chi connectivity index (χ2v) is 10.2. The molecule has 8 heteroatoms. The summed E-state index contributed by atoms with van der Waals surface area (Å²) in [6.07, 6.45) is 4.19. The van der Waals surface area contributed by atoms with Gasteiger partial charge in [-0.3, -0.25) is 4.99 Å². The molecule has 6 nitrogen and oxygen atoms in total. The molecule has 3 aliphatic heterocycles. The Balaban J connectivity index is 0.00000243. The van der Waals surface area contributed by atoms with Crippen LogP contribution in [-0.4, -0.2) is 69.7 Å². The molecule has 3 rings (SSSR count). The number of guanidine groups is 1. The zero-order valence-corrected chi connectivity index (χ0v) is 19.2. The smallest absolute Gasteiger partial charge is 0.194 e. The monoisotopic (exact) mass is 499 g/mol. The molecule has 3 heterocycles. The highest BCUT2D eigenvalue weighted by atomic mass is 127. The van der Waals surface area contributed by atoms with E-state index in [1.54, 1.807) is 0 Å². The standard InChI is InChI=1S/C18H33N3O3S.HI/c1-3-14(2)20-18(19-10-15-6-9-25(22,23)13-15)21-7-4-16(11-21)17-5-8-24-12-17;/h14-17H,3-13H2,1-2H3,(H,19,20);1H. The highest BCUT2D eigenvalue weighted by Gasteiger charge is 2.34. The minimum atomic E-state index is -2.83. The number of hydrogen-bond acceptors (Lipinski definition) is 4. The molecule has 1 N–H and O–H groups in total. The summed E-state index contributed by atoms with van der Waals surface area (Å²) in [6.45, 7) is 8.85. The van der Waals surface area contributed by atoms with Gasteiger partial charge in [0.25, 0.3) is 0 Å².